The largest absolute Gasteiger partial charge is 0.494 e. The number of nitrogens with zero attached hydrogens (tertiary/aromatic N) is 1. The van der Waals surface area contributed by atoms with E-state index in [4.69, 9.17) is 10.5 Å². The molecule has 124 valence electrons. The standard InChI is InChI=1S/C19H32N2O/c1-4-22-17-9-7-8-16(12-17)18(13-20)19-10-5-6-11-21(19)14-15(2)3/h7-9,12,15,18-19H,4-6,10-11,13-14,20H2,1-3H3. The van der Waals surface area contributed by atoms with Gasteiger partial charge in [-0.05, 0) is 49.9 Å². The molecule has 0 saturated carbocycles. The molecule has 2 atom stereocenters. The smallest absolute Gasteiger partial charge is 0.119 e. The molecule has 2 rings (SSSR count). The molecule has 1 fully saturated rings. The topological polar surface area (TPSA) is 38.5 Å². The Morgan fingerprint density at radius 3 is 2.82 bits per heavy atom. The molecule has 2 N–H and O–H groups in total. The van der Waals surface area contributed by atoms with Gasteiger partial charge < -0.3 is 10.5 Å². The lowest BCUT2D eigenvalue weighted by Crippen LogP contribution is -2.46. The highest BCUT2D eigenvalue weighted by Crippen LogP contribution is 2.32. The number of benzene rings is 1. The average Bonchev–Trinajstić information content (AvgIpc) is 2.50. The molecule has 0 amide bonds. The van der Waals surface area contributed by atoms with Crippen molar-refractivity contribution in [2.45, 2.75) is 52.0 Å². The second-order valence-electron chi connectivity index (χ2n) is 6.80. The molecule has 0 spiro atoms. The Balaban J connectivity index is 2.19. The Morgan fingerprint density at radius 1 is 1.32 bits per heavy atom. The molecule has 1 aromatic carbocycles. The highest BCUT2D eigenvalue weighted by molar-refractivity contribution is 5.32. The maximum atomic E-state index is 6.19. The summed E-state index contributed by atoms with van der Waals surface area (Å²) >= 11 is 0. The van der Waals surface area contributed by atoms with Crippen molar-refractivity contribution >= 4 is 0 Å². The van der Waals surface area contributed by atoms with Crippen LogP contribution in [0.4, 0.5) is 0 Å². The Morgan fingerprint density at radius 2 is 2.14 bits per heavy atom. The van der Waals surface area contributed by atoms with Gasteiger partial charge in [0, 0.05) is 25.0 Å². The van der Waals surface area contributed by atoms with Gasteiger partial charge in [-0.15, -0.1) is 0 Å². The molecule has 1 heterocycles. The third-order valence-corrected chi connectivity index (χ3v) is 4.58. The normalized spacial score (nSPS) is 21.0. The molecule has 1 aliphatic heterocycles. The second kappa shape index (κ2) is 8.54. The summed E-state index contributed by atoms with van der Waals surface area (Å²) in [5, 5.41) is 0. The lowest BCUT2D eigenvalue weighted by Gasteiger charge is -2.41. The van der Waals surface area contributed by atoms with Crippen LogP contribution in [0.1, 0.15) is 51.5 Å². The van der Waals surface area contributed by atoms with Crippen LogP contribution in [0.2, 0.25) is 0 Å². The van der Waals surface area contributed by atoms with Gasteiger partial charge in [-0.1, -0.05) is 32.4 Å². The second-order valence-corrected chi connectivity index (χ2v) is 6.80. The molecule has 0 bridgehead atoms. The fourth-order valence-corrected chi connectivity index (χ4v) is 3.69. The first-order valence-corrected chi connectivity index (χ1v) is 8.82. The monoisotopic (exact) mass is 304 g/mol. The van der Waals surface area contributed by atoms with Gasteiger partial charge in [0.1, 0.15) is 5.75 Å². The molecular weight excluding hydrogens is 272 g/mol. The summed E-state index contributed by atoms with van der Waals surface area (Å²) in [5.74, 6) is 2.07. The molecule has 22 heavy (non-hydrogen) atoms. The van der Waals surface area contributed by atoms with Crippen molar-refractivity contribution < 1.29 is 4.74 Å². The predicted molar refractivity (Wildman–Crippen MR) is 93.5 cm³/mol. The van der Waals surface area contributed by atoms with Crippen molar-refractivity contribution in [2.75, 3.05) is 26.2 Å². The van der Waals surface area contributed by atoms with Crippen LogP contribution < -0.4 is 10.5 Å². The van der Waals surface area contributed by atoms with Crippen molar-refractivity contribution in [3.05, 3.63) is 29.8 Å². The molecule has 0 aliphatic carbocycles. The zero-order chi connectivity index (χ0) is 15.9. The van der Waals surface area contributed by atoms with E-state index in [2.05, 4.69) is 36.9 Å². The number of ether oxygens (including phenoxy) is 1. The summed E-state index contributed by atoms with van der Waals surface area (Å²) in [7, 11) is 0. The molecule has 0 radical (unpaired) electrons. The van der Waals surface area contributed by atoms with Crippen molar-refractivity contribution in [3.63, 3.8) is 0 Å². The minimum absolute atomic E-state index is 0.402. The minimum Gasteiger partial charge on any atom is -0.494 e. The van der Waals surface area contributed by atoms with Crippen molar-refractivity contribution in [1.29, 1.82) is 0 Å². The molecule has 1 aromatic rings. The Labute approximate surface area is 135 Å². The first-order chi connectivity index (χ1) is 10.7. The molecule has 3 nitrogen and oxygen atoms in total. The first-order valence-electron chi connectivity index (χ1n) is 8.82. The van der Waals surface area contributed by atoms with Crippen LogP contribution in [0.5, 0.6) is 5.75 Å². The fraction of sp³-hybridized carbons (Fsp3) is 0.684. The Bertz CT molecular complexity index is 447. The van der Waals surface area contributed by atoms with Gasteiger partial charge in [0.15, 0.2) is 0 Å². The molecular formula is C19H32N2O. The number of piperidine rings is 1. The quantitative estimate of drug-likeness (QED) is 0.836. The summed E-state index contributed by atoms with van der Waals surface area (Å²) < 4.78 is 5.67. The van der Waals surface area contributed by atoms with E-state index < -0.39 is 0 Å². The highest BCUT2D eigenvalue weighted by atomic mass is 16.5. The summed E-state index contributed by atoms with van der Waals surface area (Å²) in [6.45, 7) is 10.4. The third kappa shape index (κ3) is 4.47. The predicted octanol–water partition coefficient (Wildman–Crippen LogP) is 3.64. The number of hydrogen-bond donors (Lipinski definition) is 1. The third-order valence-electron chi connectivity index (χ3n) is 4.58. The number of nitrogens with two attached hydrogens (primary N) is 1. The van der Waals surface area contributed by atoms with Crippen molar-refractivity contribution in [2.24, 2.45) is 11.7 Å². The number of hydrogen-bond acceptors (Lipinski definition) is 3. The van der Waals surface area contributed by atoms with Crippen LogP contribution in [0, 0.1) is 5.92 Å². The van der Waals surface area contributed by atoms with Gasteiger partial charge in [-0.3, -0.25) is 4.90 Å². The molecule has 1 saturated heterocycles. The van der Waals surface area contributed by atoms with E-state index in [1.54, 1.807) is 0 Å². The van der Waals surface area contributed by atoms with Crippen molar-refractivity contribution in [3.8, 4) is 5.75 Å². The van der Waals surface area contributed by atoms with E-state index in [0.29, 0.717) is 31.0 Å². The van der Waals surface area contributed by atoms with Gasteiger partial charge >= 0.3 is 0 Å². The lowest BCUT2D eigenvalue weighted by molar-refractivity contribution is 0.112. The maximum Gasteiger partial charge on any atom is 0.119 e. The summed E-state index contributed by atoms with van der Waals surface area (Å²) in [6, 6.07) is 9.09. The van der Waals surface area contributed by atoms with Crippen LogP contribution in [0.15, 0.2) is 24.3 Å². The number of likely N-dealkylation sites (tertiary alicyclic amines) is 1. The van der Waals surface area contributed by atoms with Gasteiger partial charge in [-0.2, -0.15) is 0 Å². The SMILES string of the molecule is CCOc1cccc(C(CN)C2CCCCN2CC(C)C)c1. The maximum absolute atomic E-state index is 6.19. The van der Waals surface area contributed by atoms with E-state index >= 15 is 0 Å². The summed E-state index contributed by atoms with van der Waals surface area (Å²) in [5.41, 5.74) is 7.51. The Hall–Kier alpha value is -1.06. The minimum atomic E-state index is 0.402. The van der Waals surface area contributed by atoms with Crippen LogP contribution in [0.3, 0.4) is 0 Å². The van der Waals surface area contributed by atoms with Crippen LogP contribution >= 0.6 is 0 Å². The number of rotatable bonds is 7. The zero-order valence-electron chi connectivity index (χ0n) is 14.4. The van der Waals surface area contributed by atoms with E-state index in [0.717, 1.165) is 5.75 Å². The first kappa shape index (κ1) is 17.3. The molecule has 2 unspecified atom stereocenters. The Kier molecular flexibility index (Phi) is 6.71. The van der Waals surface area contributed by atoms with E-state index in [1.165, 1.54) is 37.9 Å². The van der Waals surface area contributed by atoms with Gasteiger partial charge in [-0.25, -0.2) is 0 Å². The molecule has 0 aromatic heterocycles. The van der Waals surface area contributed by atoms with E-state index in [9.17, 15) is 0 Å². The van der Waals surface area contributed by atoms with Gasteiger partial charge in [0.25, 0.3) is 0 Å². The molecule has 3 heteroatoms. The van der Waals surface area contributed by atoms with Crippen LogP contribution in [-0.2, 0) is 0 Å². The summed E-state index contributed by atoms with van der Waals surface area (Å²) in [6.07, 6.45) is 3.90. The molecule has 1 aliphatic rings. The van der Waals surface area contributed by atoms with E-state index in [1.807, 2.05) is 13.0 Å². The van der Waals surface area contributed by atoms with Crippen molar-refractivity contribution in [1.82, 2.24) is 4.90 Å². The van der Waals surface area contributed by atoms with Gasteiger partial charge in [0.05, 0.1) is 6.61 Å². The van der Waals surface area contributed by atoms with Crippen LogP contribution in [0.25, 0.3) is 0 Å². The zero-order valence-corrected chi connectivity index (χ0v) is 14.4. The van der Waals surface area contributed by atoms with Crippen LogP contribution in [-0.4, -0.2) is 37.2 Å². The van der Waals surface area contributed by atoms with E-state index in [-0.39, 0.29) is 0 Å². The lowest BCUT2D eigenvalue weighted by atomic mass is 9.84. The average molecular weight is 304 g/mol. The highest BCUT2D eigenvalue weighted by Gasteiger charge is 2.30. The fourth-order valence-electron chi connectivity index (χ4n) is 3.69. The van der Waals surface area contributed by atoms with Gasteiger partial charge in [0.2, 0.25) is 0 Å². The summed E-state index contributed by atoms with van der Waals surface area (Å²) in [4.78, 5) is 2.67.